The molecule has 0 spiro atoms. The fourth-order valence-corrected chi connectivity index (χ4v) is 5.90. The van der Waals surface area contributed by atoms with Crippen molar-refractivity contribution in [3.8, 4) is 22.6 Å². The maximum Gasteiger partial charge on any atom is 0.414 e. The van der Waals surface area contributed by atoms with E-state index in [4.69, 9.17) is 4.74 Å². The Hall–Kier alpha value is -3.82. The van der Waals surface area contributed by atoms with E-state index in [2.05, 4.69) is 55.4 Å². The Balaban J connectivity index is 1.68. The van der Waals surface area contributed by atoms with Gasteiger partial charge in [0.05, 0.1) is 12.1 Å². The molecule has 0 heterocycles. The average Bonchev–Trinajstić information content (AvgIpc) is 3.18. The van der Waals surface area contributed by atoms with Gasteiger partial charge in [0.2, 0.25) is 0 Å². The molecular weight excluding hydrogens is 490 g/mol. The lowest BCUT2D eigenvalue weighted by atomic mass is 9.89. The molecule has 0 saturated heterocycles. The Morgan fingerprint density at radius 3 is 2.00 bits per heavy atom. The van der Waals surface area contributed by atoms with Crippen LogP contribution in [-0.2, 0) is 16.0 Å². The number of amides is 1. The fraction of sp³-hybridized carbons (Fsp3) is 0.312. The number of hydrogen-bond acceptors (Lipinski definition) is 3. The van der Waals surface area contributed by atoms with E-state index in [0.717, 1.165) is 33.4 Å². The van der Waals surface area contributed by atoms with Gasteiger partial charge in [0.15, 0.2) is 0 Å². The van der Waals surface area contributed by atoms with Crippen LogP contribution in [0.5, 0.6) is 0 Å². The molecule has 0 saturated carbocycles. The van der Waals surface area contributed by atoms with E-state index in [9.17, 15) is 14.7 Å². The van der Waals surface area contributed by atoms with Gasteiger partial charge in [-0.25, -0.2) is 4.79 Å². The third-order valence-corrected chi connectivity index (χ3v) is 8.08. The normalized spacial score (nSPS) is 12.3. The number of carboxylic acids is 1. The molecule has 1 N–H and O–H groups in total. The zero-order valence-electron chi connectivity index (χ0n) is 23.2. The molecule has 0 fully saturated rings. The lowest BCUT2D eigenvalue weighted by Crippen LogP contribution is -2.30. The number of carbonyl (C=O) groups is 2. The first kappa shape index (κ1) is 27.2. The van der Waals surface area contributed by atoms with Crippen LogP contribution in [0.3, 0.4) is 0 Å². The number of hydrogen-bond donors (Lipinski definition) is 1. The number of ether oxygens (including phenoxy) is 1. The largest absolute Gasteiger partial charge is 0.481 e. The molecule has 3 aromatic rings. The second-order valence-electron chi connectivity index (χ2n) is 11.0. The van der Waals surface area contributed by atoms with Crippen LogP contribution in [0.15, 0.2) is 48.5 Å². The topological polar surface area (TPSA) is 66.8 Å². The number of benzene rings is 3. The zero-order valence-corrected chi connectivity index (χ0v) is 24.2. The average molecular weight is 526 g/mol. The second-order valence-corrected chi connectivity index (χ2v) is 15.8. The minimum Gasteiger partial charge on any atom is -0.481 e. The number of rotatable bonds is 5. The minimum atomic E-state index is -1.68. The molecule has 1 aliphatic carbocycles. The summed E-state index contributed by atoms with van der Waals surface area (Å²) >= 11 is 0. The summed E-state index contributed by atoms with van der Waals surface area (Å²) in [6.07, 6.45) is -0.613. The highest BCUT2D eigenvalue weighted by atomic mass is 28.3. The first-order chi connectivity index (χ1) is 17.9. The van der Waals surface area contributed by atoms with Crippen LogP contribution >= 0.6 is 0 Å². The number of fused-ring (bicyclic) bond motifs is 3. The number of carbonyl (C=O) groups excluding carboxylic acids is 1. The van der Waals surface area contributed by atoms with Gasteiger partial charge in [-0.2, -0.15) is 0 Å². The molecule has 1 aliphatic rings. The molecule has 0 aliphatic heterocycles. The molecule has 0 radical (unpaired) electrons. The Morgan fingerprint density at radius 1 is 0.921 bits per heavy atom. The lowest BCUT2D eigenvalue weighted by molar-refractivity contribution is -0.136. The molecule has 3 aromatic carbocycles. The summed E-state index contributed by atoms with van der Waals surface area (Å²) in [5.41, 5.74) is 12.7. The SMILES string of the molecule is Cc1c(C#C[Si](C)(C)C)c(C)c(N(C)C(=O)OCC2c3ccccc3-c3ccccc32)c(C)c1CC(=O)O. The summed E-state index contributed by atoms with van der Waals surface area (Å²) in [7, 11) is 0.000538. The summed E-state index contributed by atoms with van der Waals surface area (Å²) < 4.78 is 5.91. The van der Waals surface area contributed by atoms with Gasteiger partial charge >= 0.3 is 12.1 Å². The maximum atomic E-state index is 13.4. The highest BCUT2D eigenvalue weighted by molar-refractivity contribution is 6.83. The van der Waals surface area contributed by atoms with Gasteiger partial charge in [-0.15, -0.1) is 5.54 Å². The van der Waals surface area contributed by atoms with Gasteiger partial charge in [0.1, 0.15) is 14.7 Å². The fourth-order valence-electron chi connectivity index (χ4n) is 5.40. The highest BCUT2D eigenvalue weighted by Crippen LogP contribution is 2.44. The van der Waals surface area contributed by atoms with E-state index >= 15 is 0 Å². The summed E-state index contributed by atoms with van der Waals surface area (Å²) in [5.74, 6) is 2.38. The third-order valence-electron chi connectivity index (χ3n) is 7.20. The van der Waals surface area contributed by atoms with Crippen molar-refractivity contribution in [2.45, 2.75) is 52.8 Å². The minimum absolute atomic E-state index is 0.0410. The molecular formula is C32H35NO4Si. The van der Waals surface area contributed by atoms with E-state index in [1.807, 2.05) is 45.0 Å². The molecule has 0 unspecified atom stereocenters. The second kappa shape index (κ2) is 10.5. The van der Waals surface area contributed by atoms with E-state index < -0.39 is 20.1 Å². The van der Waals surface area contributed by atoms with Crippen LogP contribution in [0.4, 0.5) is 10.5 Å². The van der Waals surface area contributed by atoms with Crippen molar-refractivity contribution in [3.05, 3.63) is 87.5 Å². The molecule has 0 bridgehead atoms. The Labute approximate surface area is 226 Å². The summed E-state index contributed by atoms with van der Waals surface area (Å²) in [6.45, 7) is 12.5. The van der Waals surface area contributed by atoms with Gasteiger partial charge in [0, 0.05) is 18.5 Å². The molecule has 38 heavy (non-hydrogen) atoms. The van der Waals surface area contributed by atoms with E-state index in [1.54, 1.807) is 7.05 Å². The summed E-state index contributed by atoms with van der Waals surface area (Å²) in [6, 6.07) is 16.5. The molecule has 196 valence electrons. The van der Waals surface area contributed by atoms with Gasteiger partial charge in [-0.3, -0.25) is 9.69 Å². The van der Waals surface area contributed by atoms with Crippen molar-refractivity contribution in [3.63, 3.8) is 0 Å². The smallest absolute Gasteiger partial charge is 0.414 e. The van der Waals surface area contributed by atoms with Crippen molar-refractivity contribution in [2.75, 3.05) is 18.6 Å². The van der Waals surface area contributed by atoms with E-state index in [0.29, 0.717) is 11.3 Å². The van der Waals surface area contributed by atoms with Crippen molar-refractivity contribution >= 4 is 25.8 Å². The molecule has 6 heteroatoms. The van der Waals surface area contributed by atoms with Crippen LogP contribution in [0.25, 0.3) is 11.1 Å². The lowest BCUT2D eigenvalue weighted by Gasteiger charge is -2.26. The number of carboxylic acid groups (broad SMARTS) is 1. The van der Waals surface area contributed by atoms with Crippen LogP contribution in [0, 0.1) is 32.2 Å². The first-order valence-corrected chi connectivity index (χ1v) is 16.4. The Morgan fingerprint density at radius 2 is 1.47 bits per heavy atom. The van der Waals surface area contributed by atoms with Gasteiger partial charge in [-0.1, -0.05) is 74.1 Å². The van der Waals surface area contributed by atoms with Crippen molar-refractivity contribution in [1.29, 1.82) is 0 Å². The predicted molar refractivity (Wildman–Crippen MR) is 156 cm³/mol. The molecule has 0 atom stereocenters. The Kier molecular flexibility index (Phi) is 7.53. The summed E-state index contributed by atoms with van der Waals surface area (Å²) in [5, 5.41) is 9.61. The van der Waals surface area contributed by atoms with Gasteiger partial charge in [0.25, 0.3) is 0 Å². The van der Waals surface area contributed by atoms with E-state index in [1.165, 1.54) is 16.0 Å². The number of nitrogens with zero attached hydrogens (tertiary/aromatic N) is 1. The van der Waals surface area contributed by atoms with Crippen LogP contribution in [-0.4, -0.2) is 38.9 Å². The quantitative estimate of drug-likeness (QED) is 0.292. The third kappa shape index (κ3) is 5.25. The Bertz CT molecular complexity index is 1440. The van der Waals surface area contributed by atoms with Crippen LogP contribution < -0.4 is 4.90 Å². The molecule has 5 nitrogen and oxygen atoms in total. The maximum absolute atomic E-state index is 13.4. The summed E-state index contributed by atoms with van der Waals surface area (Å²) in [4.78, 5) is 26.7. The van der Waals surface area contributed by atoms with Gasteiger partial charge in [-0.05, 0) is 65.3 Å². The highest BCUT2D eigenvalue weighted by Gasteiger charge is 2.30. The van der Waals surface area contributed by atoms with Crippen LogP contribution in [0.2, 0.25) is 19.6 Å². The number of anilines is 1. The molecule has 0 aromatic heterocycles. The first-order valence-electron chi connectivity index (χ1n) is 12.9. The van der Waals surface area contributed by atoms with Crippen molar-refractivity contribution in [2.24, 2.45) is 0 Å². The monoisotopic (exact) mass is 525 g/mol. The molecule has 4 rings (SSSR count). The van der Waals surface area contributed by atoms with Crippen molar-refractivity contribution < 1.29 is 19.4 Å². The predicted octanol–water partition coefficient (Wildman–Crippen LogP) is 6.85. The standard InChI is InChI=1S/C32H35NO4Si/c1-20-23(16-17-38(5,6)7)21(2)31(22(3)28(20)18-30(34)35)33(4)32(36)37-19-29-26-14-10-8-12-24(26)25-13-9-11-15-27(25)29/h8-15,29H,18-19H2,1-7H3,(H,34,35). The van der Waals surface area contributed by atoms with E-state index in [-0.39, 0.29) is 18.9 Å². The zero-order chi connectivity index (χ0) is 27.8. The molecule has 1 amide bonds. The van der Waals surface area contributed by atoms with Crippen LogP contribution in [0.1, 0.15) is 44.9 Å². The number of aliphatic carboxylic acids is 1. The van der Waals surface area contributed by atoms with Crippen molar-refractivity contribution in [1.82, 2.24) is 0 Å². The van der Waals surface area contributed by atoms with Gasteiger partial charge < -0.3 is 9.84 Å².